The van der Waals surface area contributed by atoms with Gasteiger partial charge in [-0.2, -0.15) is 0 Å². The summed E-state index contributed by atoms with van der Waals surface area (Å²) in [6.07, 6.45) is 2.68. The maximum atomic E-state index is 12.8. The molecule has 0 radical (unpaired) electrons. The van der Waals surface area contributed by atoms with Crippen molar-refractivity contribution in [2.45, 2.75) is 13.3 Å². The summed E-state index contributed by atoms with van der Waals surface area (Å²) >= 11 is 7.54. The van der Waals surface area contributed by atoms with Gasteiger partial charge in [-0.15, -0.1) is 0 Å². The van der Waals surface area contributed by atoms with Crippen LogP contribution in [0.15, 0.2) is 66.9 Å². The zero-order chi connectivity index (χ0) is 24.4. The number of H-pyrrole nitrogens is 1. The minimum Gasteiger partial charge on any atom is -0.361 e. The normalized spacial score (nSPS) is 11.0. The van der Waals surface area contributed by atoms with Crippen LogP contribution in [0.5, 0.6) is 0 Å². The Bertz CT molecular complexity index is 1540. The largest absolute Gasteiger partial charge is 0.361 e. The molecular weight excluding hydrogens is 482 g/mol. The van der Waals surface area contributed by atoms with Crippen molar-refractivity contribution in [1.29, 1.82) is 0 Å². The van der Waals surface area contributed by atoms with E-state index in [2.05, 4.69) is 32.0 Å². The minimum absolute atomic E-state index is 0.263. The fourth-order valence-electron chi connectivity index (χ4n) is 3.89. The van der Waals surface area contributed by atoms with Gasteiger partial charge in [0.2, 0.25) is 0 Å². The SMILES string of the molecule is Cc1cccc(Cl)c1NC(=O)c1ccc2nc(NC(=O)NCCc3c[nH]c4ccccc34)sc2c1. The van der Waals surface area contributed by atoms with E-state index in [-0.39, 0.29) is 11.9 Å². The Kier molecular flexibility index (Phi) is 6.39. The highest BCUT2D eigenvalue weighted by Gasteiger charge is 2.14. The molecule has 176 valence electrons. The third kappa shape index (κ3) is 4.99. The number of urea groups is 1. The van der Waals surface area contributed by atoms with Gasteiger partial charge in [-0.25, -0.2) is 9.78 Å². The van der Waals surface area contributed by atoms with E-state index in [1.807, 2.05) is 43.5 Å². The van der Waals surface area contributed by atoms with Gasteiger partial charge in [0.1, 0.15) is 0 Å². The number of anilines is 2. The van der Waals surface area contributed by atoms with Crippen molar-refractivity contribution in [3.05, 3.63) is 88.6 Å². The molecule has 0 atom stereocenters. The second-order valence-electron chi connectivity index (χ2n) is 8.08. The first kappa shape index (κ1) is 22.9. The Balaban J connectivity index is 1.21. The van der Waals surface area contributed by atoms with Crippen LogP contribution in [0.3, 0.4) is 0 Å². The van der Waals surface area contributed by atoms with Gasteiger partial charge in [0.15, 0.2) is 5.13 Å². The standard InChI is InChI=1S/C26H22ClN5O2S/c1-15-5-4-7-19(27)23(15)31-24(33)16-9-10-21-22(13-16)35-26(30-21)32-25(34)28-12-11-17-14-29-20-8-3-2-6-18(17)20/h2-10,13-14,29H,11-12H2,1H3,(H,31,33)(H2,28,30,32,34). The van der Waals surface area contributed by atoms with Crippen LogP contribution < -0.4 is 16.0 Å². The number of hydrogen-bond acceptors (Lipinski definition) is 4. The molecule has 3 amide bonds. The van der Waals surface area contributed by atoms with Crippen molar-refractivity contribution in [1.82, 2.24) is 15.3 Å². The molecule has 0 spiro atoms. The monoisotopic (exact) mass is 503 g/mol. The van der Waals surface area contributed by atoms with Gasteiger partial charge in [-0.1, -0.05) is 53.3 Å². The summed E-state index contributed by atoms with van der Waals surface area (Å²) < 4.78 is 0.794. The number of nitrogens with zero attached hydrogens (tertiary/aromatic N) is 1. The Morgan fingerprint density at radius 3 is 2.77 bits per heavy atom. The average molecular weight is 504 g/mol. The first-order chi connectivity index (χ1) is 17.0. The highest BCUT2D eigenvalue weighted by molar-refractivity contribution is 7.22. The van der Waals surface area contributed by atoms with Crippen LogP contribution >= 0.6 is 22.9 Å². The minimum atomic E-state index is -0.323. The van der Waals surface area contributed by atoms with E-state index in [4.69, 9.17) is 11.6 Å². The van der Waals surface area contributed by atoms with Crippen molar-refractivity contribution < 1.29 is 9.59 Å². The molecule has 0 aliphatic carbocycles. The predicted octanol–water partition coefficient (Wildman–Crippen LogP) is 6.36. The highest BCUT2D eigenvalue weighted by Crippen LogP contribution is 2.29. The van der Waals surface area contributed by atoms with Crippen molar-refractivity contribution in [2.75, 3.05) is 17.2 Å². The van der Waals surface area contributed by atoms with Gasteiger partial charge in [-0.3, -0.25) is 10.1 Å². The number of rotatable bonds is 6. The molecule has 2 heterocycles. The van der Waals surface area contributed by atoms with Crippen LogP contribution in [0.2, 0.25) is 5.02 Å². The molecule has 5 aromatic rings. The molecule has 5 rings (SSSR count). The maximum absolute atomic E-state index is 12.8. The Hall–Kier alpha value is -3.88. The van der Waals surface area contributed by atoms with Gasteiger partial charge in [-0.05, 0) is 54.8 Å². The van der Waals surface area contributed by atoms with E-state index in [1.165, 1.54) is 11.3 Å². The van der Waals surface area contributed by atoms with Crippen LogP contribution in [-0.2, 0) is 6.42 Å². The Morgan fingerprint density at radius 1 is 1.06 bits per heavy atom. The topological polar surface area (TPSA) is 98.9 Å². The van der Waals surface area contributed by atoms with Gasteiger partial charge < -0.3 is 15.6 Å². The van der Waals surface area contributed by atoms with E-state index in [0.29, 0.717) is 39.9 Å². The van der Waals surface area contributed by atoms with E-state index in [0.717, 1.165) is 26.7 Å². The number of fused-ring (bicyclic) bond motifs is 2. The molecule has 35 heavy (non-hydrogen) atoms. The number of para-hydroxylation sites is 2. The van der Waals surface area contributed by atoms with Gasteiger partial charge in [0.25, 0.3) is 5.91 Å². The van der Waals surface area contributed by atoms with Crippen molar-refractivity contribution >= 4 is 66.8 Å². The zero-order valence-corrected chi connectivity index (χ0v) is 20.4. The lowest BCUT2D eigenvalue weighted by Crippen LogP contribution is -2.30. The molecule has 0 aliphatic heterocycles. The number of aryl methyl sites for hydroxylation is 1. The van der Waals surface area contributed by atoms with Crippen LogP contribution in [0, 0.1) is 6.92 Å². The molecular formula is C26H22ClN5O2S. The fourth-order valence-corrected chi connectivity index (χ4v) is 5.05. The molecule has 4 N–H and O–H groups in total. The summed E-state index contributed by atoms with van der Waals surface area (Å²) in [5.74, 6) is -0.263. The lowest BCUT2D eigenvalue weighted by atomic mass is 10.1. The summed E-state index contributed by atoms with van der Waals surface area (Å²) in [5, 5.41) is 10.6. The van der Waals surface area contributed by atoms with E-state index in [9.17, 15) is 9.59 Å². The van der Waals surface area contributed by atoms with Crippen LogP contribution in [0.1, 0.15) is 21.5 Å². The van der Waals surface area contributed by atoms with Crippen LogP contribution in [-0.4, -0.2) is 28.5 Å². The Labute approximate surface area is 210 Å². The smallest absolute Gasteiger partial charge is 0.321 e. The van der Waals surface area contributed by atoms with Crippen LogP contribution in [0.25, 0.3) is 21.1 Å². The molecule has 0 saturated heterocycles. The first-order valence-corrected chi connectivity index (χ1v) is 12.2. The molecule has 0 bridgehead atoms. The molecule has 9 heteroatoms. The van der Waals surface area contributed by atoms with Gasteiger partial charge in [0.05, 0.1) is 20.9 Å². The Morgan fingerprint density at radius 2 is 1.91 bits per heavy atom. The maximum Gasteiger partial charge on any atom is 0.321 e. The number of aromatic amines is 1. The second kappa shape index (κ2) is 9.77. The lowest BCUT2D eigenvalue weighted by Gasteiger charge is -2.10. The summed E-state index contributed by atoms with van der Waals surface area (Å²) in [6, 6.07) is 18.4. The number of aromatic nitrogens is 2. The van der Waals surface area contributed by atoms with Gasteiger partial charge >= 0.3 is 6.03 Å². The fraction of sp³-hybridized carbons (Fsp3) is 0.115. The zero-order valence-electron chi connectivity index (χ0n) is 18.8. The molecule has 0 fully saturated rings. The third-order valence-corrected chi connectivity index (χ3v) is 6.93. The number of carbonyl (C=O) groups excluding carboxylic acids is 2. The molecule has 7 nitrogen and oxygen atoms in total. The number of nitrogens with one attached hydrogen (secondary N) is 4. The lowest BCUT2D eigenvalue weighted by molar-refractivity contribution is 0.102. The van der Waals surface area contributed by atoms with E-state index < -0.39 is 0 Å². The molecule has 3 aromatic carbocycles. The number of amides is 3. The molecule has 0 aliphatic rings. The summed E-state index contributed by atoms with van der Waals surface area (Å²) in [7, 11) is 0. The van der Waals surface area contributed by atoms with E-state index >= 15 is 0 Å². The van der Waals surface area contributed by atoms with Gasteiger partial charge in [0, 0.05) is 29.2 Å². The van der Waals surface area contributed by atoms with E-state index in [1.54, 1.807) is 24.3 Å². The summed E-state index contributed by atoms with van der Waals surface area (Å²) in [5.41, 5.74) is 4.89. The highest BCUT2D eigenvalue weighted by atomic mass is 35.5. The number of thiazole rings is 1. The number of halogens is 1. The summed E-state index contributed by atoms with van der Waals surface area (Å²) in [4.78, 5) is 32.9. The molecule has 0 unspecified atom stereocenters. The third-order valence-electron chi connectivity index (χ3n) is 5.69. The quantitative estimate of drug-likeness (QED) is 0.217. The number of benzene rings is 3. The number of carbonyl (C=O) groups is 2. The number of hydrogen-bond donors (Lipinski definition) is 4. The molecule has 0 saturated carbocycles. The van der Waals surface area contributed by atoms with Crippen molar-refractivity contribution in [3.63, 3.8) is 0 Å². The van der Waals surface area contributed by atoms with Crippen molar-refractivity contribution in [3.8, 4) is 0 Å². The second-order valence-corrected chi connectivity index (χ2v) is 9.52. The summed E-state index contributed by atoms with van der Waals surface area (Å²) in [6.45, 7) is 2.38. The predicted molar refractivity (Wildman–Crippen MR) is 143 cm³/mol. The average Bonchev–Trinajstić information content (AvgIpc) is 3.44. The van der Waals surface area contributed by atoms with Crippen molar-refractivity contribution in [2.24, 2.45) is 0 Å². The first-order valence-electron chi connectivity index (χ1n) is 11.0. The van der Waals surface area contributed by atoms with Crippen LogP contribution in [0.4, 0.5) is 15.6 Å². The molecule has 2 aromatic heterocycles.